The zero-order chi connectivity index (χ0) is 11.6. The molecule has 1 N–H and O–H groups in total. The summed E-state index contributed by atoms with van der Waals surface area (Å²) in [5, 5.41) is 2.48. The minimum atomic E-state index is -0.979. The van der Waals surface area contributed by atoms with Crippen LogP contribution in [0.5, 0.6) is 0 Å². The standard InChI is InChI=1S/C4H9NO.C4H6O4/c1-3-4(6)5-2;1-7-3(5)4(6)8-2/h3H2,1-2H3,(H,5,6);1-2H3. The second kappa shape index (κ2) is 9.50. The maximum Gasteiger partial charge on any atom is 0.417 e. The summed E-state index contributed by atoms with van der Waals surface area (Å²) < 4.78 is 7.98. The molecule has 6 heteroatoms. The lowest BCUT2D eigenvalue weighted by atomic mass is 10.5. The molecule has 0 rings (SSSR count). The predicted octanol–water partition coefficient (Wildman–Crippen LogP) is -0.525. The highest BCUT2D eigenvalue weighted by Crippen LogP contribution is 1.75. The average molecular weight is 205 g/mol. The van der Waals surface area contributed by atoms with E-state index in [1.54, 1.807) is 7.05 Å². The normalized spacial score (nSPS) is 7.71. The lowest BCUT2D eigenvalue weighted by Crippen LogP contribution is -2.16. The molecule has 0 atom stereocenters. The number of carbonyl (C=O) groups is 3. The summed E-state index contributed by atoms with van der Waals surface area (Å²) in [7, 11) is 3.85. The van der Waals surface area contributed by atoms with Crippen molar-refractivity contribution in [3.63, 3.8) is 0 Å². The average Bonchev–Trinajstić information content (AvgIpc) is 2.26. The van der Waals surface area contributed by atoms with Crippen LogP contribution in [0.25, 0.3) is 0 Å². The van der Waals surface area contributed by atoms with Crippen molar-refractivity contribution < 1.29 is 23.9 Å². The Kier molecular flexibility index (Phi) is 10.1. The van der Waals surface area contributed by atoms with Crippen LogP contribution >= 0.6 is 0 Å². The van der Waals surface area contributed by atoms with Crippen LogP contribution in [-0.4, -0.2) is 39.1 Å². The molecule has 6 nitrogen and oxygen atoms in total. The van der Waals surface area contributed by atoms with Crippen molar-refractivity contribution >= 4 is 17.8 Å². The van der Waals surface area contributed by atoms with E-state index in [1.165, 1.54) is 0 Å². The maximum atomic E-state index is 10.1. The lowest BCUT2D eigenvalue weighted by molar-refractivity contribution is -0.164. The molecule has 0 aromatic rings. The van der Waals surface area contributed by atoms with Crippen molar-refractivity contribution in [3.8, 4) is 0 Å². The third-order valence-electron chi connectivity index (χ3n) is 1.14. The second-order valence-corrected chi connectivity index (χ2v) is 2.01. The van der Waals surface area contributed by atoms with Crippen LogP contribution in [-0.2, 0) is 23.9 Å². The monoisotopic (exact) mass is 205 g/mol. The minimum Gasteiger partial charge on any atom is -0.461 e. The number of hydrogen-bond acceptors (Lipinski definition) is 5. The smallest absolute Gasteiger partial charge is 0.417 e. The first-order chi connectivity index (χ1) is 6.53. The molecular weight excluding hydrogens is 190 g/mol. The zero-order valence-corrected chi connectivity index (χ0v) is 8.75. The van der Waals surface area contributed by atoms with E-state index in [-0.39, 0.29) is 5.91 Å². The van der Waals surface area contributed by atoms with Crippen LogP contribution in [0.2, 0.25) is 0 Å². The summed E-state index contributed by atoms with van der Waals surface area (Å²) in [6.07, 6.45) is 0.580. The van der Waals surface area contributed by atoms with Crippen LogP contribution in [0.15, 0.2) is 0 Å². The van der Waals surface area contributed by atoms with Gasteiger partial charge in [-0.1, -0.05) is 6.92 Å². The number of rotatable bonds is 1. The van der Waals surface area contributed by atoms with Gasteiger partial charge >= 0.3 is 11.9 Å². The number of ether oxygens (including phenoxy) is 2. The molecule has 0 aliphatic rings. The quantitative estimate of drug-likeness (QED) is 0.460. The molecule has 0 saturated carbocycles. The van der Waals surface area contributed by atoms with E-state index in [0.717, 1.165) is 14.2 Å². The Morgan fingerprint density at radius 2 is 1.43 bits per heavy atom. The predicted molar refractivity (Wildman–Crippen MR) is 48.4 cm³/mol. The molecule has 0 heterocycles. The zero-order valence-electron chi connectivity index (χ0n) is 8.75. The maximum absolute atomic E-state index is 10.1. The van der Waals surface area contributed by atoms with E-state index >= 15 is 0 Å². The molecule has 0 aromatic carbocycles. The van der Waals surface area contributed by atoms with Gasteiger partial charge in [0.2, 0.25) is 5.91 Å². The Labute approximate surface area is 82.6 Å². The molecule has 0 bridgehead atoms. The molecule has 0 radical (unpaired) electrons. The molecule has 1 amide bonds. The molecule has 0 spiro atoms. The Balaban J connectivity index is 0. The minimum absolute atomic E-state index is 0.0926. The van der Waals surface area contributed by atoms with Gasteiger partial charge in [-0.3, -0.25) is 4.79 Å². The first-order valence-electron chi connectivity index (χ1n) is 3.90. The van der Waals surface area contributed by atoms with Gasteiger partial charge in [-0.25, -0.2) is 9.59 Å². The molecule has 14 heavy (non-hydrogen) atoms. The van der Waals surface area contributed by atoms with Crippen molar-refractivity contribution in [2.45, 2.75) is 13.3 Å². The molecule has 0 aliphatic carbocycles. The van der Waals surface area contributed by atoms with Gasteiger partial charge in [-0.15, -0.1) is 0 Å². The van der Waals surface area contributed by atoms with Crippen molar-refractivity contribution in [2.75, 3.05) is 21.3 Å². The fourth-order valence-corrected chi connectivity index (χ4v) is 0.343. The van der Waals surface area contributed by atoms with Crippen molar-refractivity contribution in [2.24, 2.45) is 0 Å². The van der Waals surface area contributed by atoms with Gasteiger partial charge in [0, 0.05) is 13.5 Å². The second-order valence-electron chi connectivity index (χ2n) is 2.01. The Morgan fingerprint density at radius 1 is 1.07 bits per heavy atom. The molecule has 82 valence electrons. The van der Waals surface area contributed by atoms with Crippen LogP contribution in [0, 0.1) is 0 Å². The van der Waals surface area contributed by atoms with Crippen molar-refractivity contribution in [1.29, 1.82) is 0 Å². The van der Waals surface area contributed by atoms with Crippen molar-refractivity contribution in [3.05, 3.63) is 0 Å². The summed E-state index contributed by atoms with van der Waals surface area (Å²) in [4.78, 5) is 30.2. The molecule has 0 fully saturated rings. The number of methoxy groups -OCH3 is 2. The summed E-state index contributed by atoms with van der Waals surface area (Å²) in [5.41, 5.74) is 0. The fourth-order valence-electron chi connectivity index (χ4n) is 0.343. The lowest BCUT2D eigenvalue weighted by Gasteiger charge is -1.92. The van der Waals surface area contributed by atoms with Crippen molar-refractivity contribution in [1.82, 2.24) is 5.32 Å². The van der Waals surface area contributed by atoms with E-state index in [0.29, 0.717) is 6.42 Å². The van der Waals surface area contributed by atoms with Gasteiger partial charge in [0.15, 0.2) is 0 Å². The topological polar surface area (TPSA) is 81.7 Å². The Hall–Kier alpha value is -1.59. The number of esters is 2. The van der Waals surface area contributed by atoms with Gasteiger partial charge in [-0.2, -0.15) is 0 Å². The molecular formula is C8H15NO5. The first kappa shape index (κ1) is 14.9. The highest BCUT2D eigenvalue weighted by molar-refractivity contribution is 6.29. The summed E-state index contributed by atoms with van der Waals surface area (Å²) in [6.45, 7) is 1.82. The molecule has 0 unspecified atom stereocenters. The number of amides is 1. The van der Waals surface area contributed by atoms with Crippen LogP contribution in [0.4, 0.5) is 0 Å². The van der Waals surface area contributed by atoms with Gasteiger partial charge in [-0.05, 0) is 0 Å². The van der Waals surface area contributed by atoms with Gasteiger partial charge in [0.05, 0.1) is 14.2 Å². The summed E-state index contributed by atoms with van der Waals surface area (Å²) in [5.74, 6) is -1.87. The van der Waals surface area contributed by atoms with Crippen LogP contribution < -0.4 is 5.32 Å². The summed E-state index contributed by atoms with van der Waals surface area (Å²) >= 11 is 0. The Bertz CT molecular complexity index is 182. The van der Waals surface area contributed by atoms with Gasteiger partial charge < -0.3 is 14.8 Å². The van der Waals surface area contributed by atoms with E-state index < -0.39 is 11.9 Å². The number of nitrogens with one attached hydrogen (secondary N) is 1. The largest absolute Gasteiger partial charge is 0.461 e. The van der Waals surface area contributed by atoms with Crippen LogP contribution in [0.1, 0.15) is 13.3 Å². The third-order valence-corrected chi connectivity index (χ3v) is 1.14. The number of hydrogen-bond donors (Lipinski definition) is 1. The highest BCUT2D eigenvalue weighted by atomic mass is 16.6. The molecule has 0 saturated heterocycles. The van der Waals surface area contributed by atoms with Crippen LogP contribution in [0.3, 0.4) is 0 Å². The fraction of sp³-hybridized carbons (Fsp3) is 0.625. The first-order valence-corrected chi connectivity index (χ1v) is 3.90. The van der Waals surface area contributed by atoms with Gasteiger partial charge in [0.25, 0.3) is 0 Å². The van der Waals surface area contributed by atoms with Gasteiger partial charge in [0.1, 0.15) is 0 Å². The van der Waals surface area contributed by atoms with E-state index in [9.17, 15) is 14.4 Å². The van der Waals surface area contributed by atoms with E-state index in [4.69, 9.17) is 0 Å². The summed E-state index contributed by atoms with van der Waals surface area (Å²) in [6, 6.07) is 0. The Morgan fingerprint density at radius 3 is 1.50 bits per heavy atom. The van der Waals surface area contributed by atoms with E-state index in [1.807, 2.05) is 6.92 Å². The number of carbonyl (C=O) groups excluding carboxylic acids is 3. The molecule has 0 aliphatic heterocycles. The highest BCUT2D eigenvalue weighted by Gasteiger charge is 2.11. The molecule has 0 aromatic heterocycles. The SMILES string of the molecule is CCC(=O)NC.COC(=O)C(=O)OC. The van der Waals surface area contributed by atoms with E-state index in [2.05, 4.69) is 14.8 Å². The third kappa shape index (κ3) is 8.51.